The highest BCUT2D eigenvalue weighted by Gasteiger charge is 1.98. The third-order valence-electron chi connectivity index (χ3n) is 1.42. The Morgan fingerprint density at radius 1 is 1.50 bits per heavy atom. The third kappa shape index (κ3) is 1.72. The van der Waals surface area contributed by atoms with E-state index in [4.69, 9.17) is 10.5 Å². The van der Waals surface area contributed by atoms with Crippen LogP contribution in [0.3, 0.4) is 0 Å². The number of nitriles is 2. The van der Waals surface area contributed by atoms with E-state index in [2.05, 4.69) is 0 Å². The molecule has 0 spiro atoms. The van der Waals surface area contributed by atoms with Gasteiger partial charge in [0.05, 0.1) is 0 Å². The van der Waals surface area contributed by atoms with Crippen LogP contribution >= 0.6 is 11.3 Å². The summed E-state index contributed by atoms with van der Waals surface area (Å²) in [5, 5.41) is 18.9. The first-order chi connectivity index (χ1) is 5.77. The maximum absolute atomic E-state index is 8.48. The highest BCUT2D eigenvalue weighted by Crippen LogP contribution is 2.18. The molecule has 0 aliphatic heterocycles. The molecule has 0 saturated heterocycles. The number of aryl methyl sites for hydroxylation is 1. The van der Waals surface area contributed by atoms with Gasteiger partial charge in [-0.25, -0.2) is 0 Å². The quantitative estimate of drug-likeness (QED) is 0.614. The minimum absolute atomic E-state index is 0.153. The van der Waals surface area contributed by atoms with Crippen LogP contribution in [0.1, 0.15) is 10.4 Å². The van der Waals surface area contributed by atoms with Crippen molar-refractivity contribution >= 4 is 17.4 Å². The van der Waals surface area contributed by atoms with Gasteiger partial charge in [-0.05, 0) is 30.0 Å². The van der Waals surface area contributed by atoms with E-state index >= 15 is 0 Å². The van der Waals surface area contributed by atoms with Gasteiger partial charge in [0, 0.05) is 4.88 Å². The normalized spacial score (nSPS) is 8.25. The van der Waals surface area contributed by atoms with Crippen LogP contribution in [0, 0.1) is 29.6 Å². The van der Waals surface area contributed by atoms with Gasteiger partial charge in [0.25, 0.3) is 0 Å². The molecule has 0 fully saturated rings. The number of nitrogens with zero attached hydrogens (tertiary/aromatic N) is 2. The Bertz CT molecular complexity index is 371. The van der Waals surface area contributed by atoms with Gasteiger partial charge in [-0.2, -0.15) is 10.5 Å². The zero-order valence-electron chi connectivity index (χ0n) is 6.53. The summed E-state index contributed by atoms with van der Waals surface area (Å²) >= 11 is 1.53. The van der Waals surface area contributed by atoms with E-state index in [1.54, 1.807) is 6.08 Å². The fraction of sp³-hybridized carbons (Fsp3) is 0.111. The van der Waals surface area contributed by atoms with Crippen LogP contribution in [0.5, 0.6) is 0 Å². The minimum Gasteiger partial charge on any atom is -0.192 e. The molecule has 0 saturated carbocycles. The van der Waals surface area contributed by atoms with E-state index in [0.717, 1.165) is 10.4 Å². The summed E-state index contributed by atoms with van der Waals surface area (Å²) < 4.78 is 0. The van der Waals surface area contributed by atoms with Crippen molar-refractivity contribution in [3.05, 3.63) is 27.5 Å². The molecule has 1 heterocycles. The predicted octanol–water partition coefficient (Wildman–Crippen LogP) is 2.49. The van der Waals surface area contributed by atoms with E-state index in [9.17, 15) is 0 Å². The average molecular weight is 174 g/mol. The Balaban J connectivity index is 3.05. The second-order valence-electron chi connectivity index (χ2n) is 2.25. The van der Waals surface area contributed by atoms with Gasteiger partial charge < -0.3 is 0 Å². The Labute approximate surface area is 75.0 Å². The lowest BCUT2D eigenvalue weighted by Gasteiger charge is -1.87. The largest absolute Gasteiger partial charge is 0.192 e. The van der Waals surface area contributed by atoms with Crippen LogP contribution in [-0.4, -0.2) is 0 Å². The summed E-state index contributed by atoms with van der Waals surface area (Å²) in [5.74, 6) is 0. The molecule has 1 aromatic heterocycles. The molecule has 0 atom stereocenters. The van der Waals surface area contributed by atoms with Gasteiger partial charge in [-0.3, -0.25) is 0 Å². The number of rotatable bonds is 1. The van der Waals surface area contributed by atoms with Crippen LogP contribution in [0.25, 0.3) is 6.08 Å². The first-order valence-electron chi connectivity index (χ1n) is 3.34. The molecule has 0 N–H and O–H groups in total. The molecule has 0 unspecified atom stereocenters. The lowest BCUT2D eigenvalue weighted by atomic mass is 10.2. The van der Waals surface area contributed by atoms with Crippen LogP contribution in [0.4, 0.5) is 0 Å². The zero-order valence-corrected chi connectivity index (χ0v) is 7.35. The van der Waals surface area contributed by atoms with Gasteiger partial charge in [-0.15, -0.1) is 11.3 Å². The van der Waals surface area contributed by atoms with Crippen molar-refractivity contribution in [1.82, 2.24) is 0 Å². The van der Waals surface area contributed by atoms with E-state index in [-0.39, 0.29) is 5.57 Å². The first kappa shape index (κ1) is 8.52. The lowest BCUT2D eigenvalue weighted by Crippen LogP contribution is -1.73. The van der Waals surface area contributed by atoms with E-state index < -0.39 is 0 Å². The van der Waals surface area contributed by atoms with E-state index in [1.165, 1.54) is 11.3 Å². The SMILES string of the molecule is Cc1ccsc1C=C(C#N)C#N. The molecular formula is C9H6N2S. The highest BCUT2D eigenvalue weighted by atomic mass is 32.1. The Morgan fingerprint density at radius 2 is 2.17 bits per heavy atom. The monoisotopic (exact) mass is 174 g/mol. The maximum Gasteiger partial charge on any atom is 0.131 e. The van der Waals surface area contributed by atoms with E-state index in [0.29, 0.717) is 0 Å². The van der Waals surface area contributed by atoms with Gasteiger partial charge in [0.1, 0.15) is 17.7 Å². The van der Waals surface area contributed by atoms with Crippen LogP contribution < -0.4 is 0 Å². The molecule has 3 heteroatoms. The molecule has 0 amide bonds. The number of hydrogen-bond acceptors (Lipinski definition) is 3. The summed E-state index contributed by atoms with van der Waals surface area (Å²) in [7, 11) is 0. The van der Waals surface area contributed by atoms with Crippen LogP contribution in [-0.2, 0) is 0 Å². The van der Waals surface area contributed by atoms with E-state index in [1.807, 2.05) is 30.5 Å². The van der Waals surface area contributed by atoms with Gasteiger partial charge in [-0.1, -0.05) is 0 Å². The van der Waals surface area contributed by atoms with Crippen molar-refractivity contribution < 1.29 is 0 Å². The average Bonchev–Trinajstić information content (AvgIpc) is 2.47. The van der Waals surface area contributed by atoms with Crippen molar-refractivity contribution in [2.45, 2.75) is 6.92 Å². The molecule has 1 rings (SSSR count). The van der Waals surface area contributed by atoms with Gasteiger partial charge >= 0.3 is 0 Å². The summed E-state index contributed by atoms with van der Waals surface area (Å²) in [6, 6.07) is 5.61. The fourth-order valence-electron chi connectivity index (χ4n) is 0.753. The topological polar surface area (TPSA) is 47.6 Å². The molecule has 0 aliphatic rings. The zero-order chi connectivity index (χ0) is 8.97. The molecule has 0 radical (unpaired) electrons. The van der Waals surface area contributed by atoms with Crippen LogP contribution in [0.2, 0.25) is 0 Å². The molecule has 58 valence electrons. The lowest BCUT2D eigenvalue weighted by molar-refractivity contribution is 1.47. The van der Waals surface area contributed by atoms with Gasteiger partial charge in [0.15, 0.2) is 0 Å². The summed E-state index contributed by atoms with van der Waals surface area (Å²) in [4.78, 5) is 0.980. The number of hydrogen-bond donors (Lipinski definition) is 0. The molecule has 0 bridgehead atoms. The van der Waals surface area contributed by atoms with Crippen molar-refractivity contribution in [2.75, 3.05) is 0 Å². The molecular weight excluding hydrogens is 168 g/mol. The van der Waals surface area contributed by atoms with Crippen molar-refractivity contribution in [1.29, 1.82) is 10.5 Å². The van der Waals surface area contributed by atoms with Gasteiger partial charge in [0.2, 0.25) is 0 Å². The Kier molecular flexibility index (Phi) is 2.63. The summed E-state index contributed by atoms with van der Waals surface area (Å²) in [6.45, 7) is 1.95. The third-order valence-corrected chi connectivity index (χ3v) is 2.38. The second-order valence-corrected chi connectivity index (χ2v) is 3.20. The van der Waals surface area contributed by atoms with Crippen molar-refractivity contribution in [2.24, 2.45) is 0 Å². The van der Waals surface area contributed by atoms with Crippen molar-refractivity contribution in [3.63, 3.8) is 0 Å². The van der Waals surface area contributed by atoms with Crippen LogP contribution in [0.15, 0.2) is 17.0 Å². The Hall–Kier alpha value is -1.58. The molecule has 0 aromatic carbocycles. The van der Waals surface area contributed by atoms with Crippen molar-refractivity contribution in [3.8, 4) is 12.1 Å². The first-order valence-corrected chi connectivity index (χ1v) is 4.22. The number of thiophene rings is 1. The second kappa shape index (κ2) is 3.71. The minimum atomic E-state index is 0.153. The molecule has 2 nitrogen and oxygen atoms in total. The molecule has 1 aromatic rings. The Morgan fingerprint density at radius 3 is 2.58 bits per heavy atom. The predicted molar refractivity (Wildman–Crippen MR) is 48.3 cm³/mol. The molecule has 12 heavy (non-hydrogen) atoms. The summed E-state index contributed by atoms with van der Waals surface area (Å²) in [6.07, 6.45) is 1.61. The summed E-state index contributed by atoms with van der Waals surface area (Å²) in [5.41, 5.74) is 1.25. The smallest absolute Gasteiger partial charge is 0.131 e. The highest BCUT2D eigenvalue weighted by molar-refractivity contribution is 7.11. The fourth-order valence-corrected chi connectivity index (χ4v) is 1.61. The standard InChI is InChI=1S/C9H6N2S/c1-7-2-3-12-9(7)4-8(5-10)6-11/h2-4H,1H3. The molecule has 0 aliphatic carbocycles. The number of allylic oxidation sites excluding steroid dienone is 1. The maximum atomic E-state index is 8.48.